The predicted octanol–water partition coefficient (Wildman–Crippen LogP) is 0.137. The zero-order chi connectivity index (χ0) is 9.40. The molecule has 0 saturated heterocycles. The number of hydrazine groups is 1. The molecule has 0 rings (SSSR count). The molecule has 3 N–H and O–H groups in total. The summed E-state index contributed by atoms with van der Waals surface area (Å²) >= 11 is 0. The first kappa shape index (κ1) is 10.7. The Hall–Kier alpha value is -1.26. The van der Waals surface area contributed by atoms with Gasteiger partial charge in [-0.05, 0) is 13.3 Å². The van der Waals surface area contributed by atoms with E-state index in [2.05, 4.69) is 16.2 Å². The SMILES string of the molecule is CCCC(=O)NNC(=O)NCC. The highest BCUT2D eigenvalue weighted by atomic mass is 16.2. The van der Waals surface area contributed by atoms with Gasteiger partial charge in [-0.1, -0.05) is 6.92 Å². The average molecular weight is 173 g/mol. The molecule has 0 spiro atoms. The van der Waals surface area contributed by atoms with Crippen molar-refractivity contribution in [2.24, 2.45) is 0 Å². The summed E-state index contributed by atoms with van der Waals surface area (Å²) in [5.74, 6) is -0.177. The van der Waals surface area contributed by atoms with Gasteiger partial charge in [0, 0.05) is 13.0 Å². The molecule has 0 radical (unpaired) electrons. The summed E-state index contributed by atoms with van der Waals surface area (Å²) in [6, 6.07) is -0.387. The number of hydrogen-bond acceptors (Lipinski definition) is 2. The van der Waals surface area contributed by atoms with Gasteiger partial charge >= 0.3 is 6.03 Å². The molecule has 0 atom stereocenters. The fourth-order valence-electron chi connectivity index (χ4n) is 0.621. The topological polar surface area (TPSA) is 70.2 Å². The Morgan fingerprint density at radius 1 is 1.17 bits per heavy atom. The third-order valence-corrected chi connectivity index (χ3v) is 1.13. The first-order valence-electron chi connectivity index (χ1n) is 4.03. The van der Waals surface area contributed by atoms with Crippen LogP contribution in [-0.4, -0.2) is 18.5 Å². The van der Waals surface area contributed by atoms with Gasteiger partial charge in [-0.3, -0.25) is 10.2 Å². The third-order valence-electron chi connectivity index (χ3n) is 1.13. The van der Waals surface area contributed by atoms with Crippen LogP contribution < -0.4 is 16.2 Å². The second-order valence-corrected chi connectivity index (χ2v) is 2.28. The normalized spacial score (nSPS) is 8.83. The van der Waals surface area contributed by atoms with Crippen LogP contribution in [0.2, 0.25) is 0 Å². The van der Waals surface area contributed by atoms with Crippen molar-refractivity contribution in [3.05, 3.63) is 0 Å². The Labute approximate surface area is 71.9 Å². The van der Waals surface area contributed by atoms with Crippen molar-refractivity contribution in [3.63, 3.8) is 0 Å². The van der Waals surface area contributed by atoms with Crippen LogP contribution in [0.25, 0.3) is 0 Å². The minimum absolute atomic E-state index is 0.177. The number of nitrogens with one attached hydrogen (secondary N) is 3. The Morgan fingerprint density at radius 2 is 1.83 bits per heavy atom. The summed E-state index contributed by atoms with van der Waals surface area (Å²) in [6.07, 6.45) is 1.19. The molecule has 0 aromatic carbocycles. The molecule has 0 aromatic heterocycles. The summed E-state index contributed by atoms with van der Waals surface area (Å²) < 4.78 is 0. The monoisotopic (exact) mass is 173 g/mol. The van der Waals surface area contributed by atoms with E-state index in [1.54, 1.807) is 6.92 Å². The number of carbonyl (C=O) groups excluding carboxylic acids is 2. The molecule has 0 aliphatic heterocycles. The lowest BCUT2D eigenvalue weighted by Gasteiger charge is -2.06. The van der Waals surface area contributed by atoms with Crippen molar-refractivity contribution < 1.29 is 9.59 Å². The van der Waals surface area contributed by atoms with E-state index in [0.717, 1.165) is 6.42 Å². The van der Waals surface area contributed by atoms with Crippen molar-refractivity contribution in [3.8, 4) is 0 Å². The molecule has 70 valence electrons. The van der Waals surface area contributed by atoms with Crippen molar-refractivity contribution in [2.75, 3.05) is 6.54 Å². The third kappa shape index (κ3) is 5.52. The Bertz CT molecular complexity index is 141. The Kier molecular flexibility index (Phi) is 5.77. The second kappa shape index (κ2) is 6.45. The van der Waals surface area contributed by atoms with Crippen molar-refractivity contribution in [1.82, 2.24) is 16.2 Å². The highest BCUT2D eigenvalue weighted by Gasteiger charge is 2.00. The van der Waals surface area contributed by atoms with Crippen LogP contribution in [0.4, 0.5) is 4.79 Å². The molecule has 0 aromatic rings. The molecule has 0 heterocycles. The molecule has 0 bridgehead atoms. The number of hydrogen-bond donors (Lipinski definition) is 3. The van der Waals surface area contributed by atoms with Gasteiger partial charge in [0.2, 0.25) is 5.91 Å². The van der Waals surface area contributed by atoms with Gasteiger partial charge in [0.1, 0.15) is 0 Å². The average Bonchev–Trinajstić information content (AvgIpc) is 2.02. The van der Waals surface area contributed by atoms with E-state index in [1.807, 2.05) is 6.92 Å². The molecule has 12 heavy (non-hydrogen) atoms. The minimum atomic E-state index is -0.387. The maximum atomic E-state index is 10.8. The fourth-order valence-corrected chi connectivity index (χ4v) is 0.621. The van der Waals surface area contributed by atoms with Crippen LogP contribution in [0, 0.1) is 0 Å². The minimum Gasteiger partial charge on any atom is -0.337 e. The standard InChI is InChI=1S/C7H15N3O2/c1-3-5-6(11)9-10-7(12)8-4-2/h3-5H2,1-2H3,(H,9,11)(H2,8,10,12). The van der Waals surface area contributed by atoms with Crippen LogP contribution in [-0.2, 0) is 4.79 Å². The molecular weight excluding hydrogens is 158 g/mol. The van der Waals surface area contributed by atoms with E-state index in [0.29, 0.717) is 13.0 Å². The first-order chi connectivity index (χ1) is 5.70. The molecule has 0 saturated carbocycles. The molecule has 5 heteroatoms. The van der Waals surface area contributed by atoms with Crippen LogP contribution >= 0.6 is 0 Å². The van der Waals surface area contributed by atoms with Gasteiger partial charge in [0.25, 0.3) is 0 Å². The van der Waals surface area contributed by atoms with E-state index in [-0.39, 0.29) is 11.9 Å². The summed E-state index contributed by atoms with van der Waals surface area (Å²) in [7, 11) is 0. The van der Waals surface area contributed by atoms with E-state index in [1.165, 1.54) is 0 Å². The van der Waals surface area contributed by atoms with Gasteiger partial charge < -0.3 is 5.32 Å². The molecule has 3 amide bonds. The van der Waals surface area contributed by atoms with Crippen LogP contribution in [0.1, 0.15) is 26.7 Å². The summed E-state index contributed by atoms with van der Waals surface area (Å²) in [5, 5.41) is 2.48. The molecule has 0 aliphatic rings. The zero-order valence-electron chi connectivity index (χ0n) is 7.44. The van der Waals surface area contributed by atoms with Gasteiger partial charge in [0.15, 0.2) is 0 Å². The van der Waals surface area contributed by atoms with E-state index in [9.17, 15) is 9.59 Å². The van der Waals surface area contributed by atoms with Gasteiger partial charge in [-0.2, -0.15) is 0 Å². The summed E-state index contributed by atoms with van der Waals surface area (Å²) in [6.45, 7) is 4.23. The maximum absolute atomic E-state index is 10.8. The van der Waals surface area contributed by atoms with Crippen LogP contribution in [0.15, 0.2) is 0 Å². The smallest absolute Gasteiger partial charge is 0.333 e. The number of carbonyl (C=O) groups is 2. The largest absolute Gasteiger partial charge is 0.337 e. The lowest BCUT2D eigenvalue weighted by molar-refractivity contribution is -0.121. The number of amides is 3. The molecule has 0 aliphatic carbocycles. The number of rotatable bonds is 3. The van der Waals surface area contributed by atoms with Crippen molar-refractivity contribution >= 4 is 11.9 Å². The zero-order valence-corrected chi connectivity index (χ0v) is 7.44. The van der Waals surface area contributed by atoms with Crippen LogP contribution in [0.5, 0.6) is 0 Å². The quantitative estimate of drug-likeness (QED) is 0.531. The van der Waals surface area contributed by atoms with E-state index in [4.69, 9.17) is 0 Å². The van der Waals surface area contributed by atoms with Crippen molar-refractivity contribution in [1.29, 1.82) is 0 Å². The van der Waals surface area contributed by atoms with Gasteiger partial charge in [-0.15, -0.1) is 0 Å². The molecule has 0 fully saturated rings. The molecule has 0 unspecified atom stereocenters. The van der Waals surface area contributed by atoms with Gasteiger partial charge in [0.05, 0.1) is 0 Å². The highest BCUT2D eigenvalue weighted by Crippen LogP contribution is 1.83. The van der Waals surface area contributed by atoms with E-state index < -0.39 is 0 Å². The fraction of sp³-hybridized carbons (Fsp3) is 0.714. The summed E-state index contributed by atoms with van der Waals surface area (Å²) in [5.41, 5.74) is 4.49. The van der Waals surface area contributed by atoms with Crippen LogP contribution in [0.3, 0.4) is 0 Å². The Morgan fingerprint density at radius 3 is 2.33 bits per heavy atom. The second-order valence-electron chi connectivity index (χ2n) is 2.28. The van der Waals surface area contributed by atoms with Gasteiger partial charge in [-0.25, -0.2) is 10.2 Å². The molecular formula is C7H15N3O2. The highest BCUT2D eigenvalue weighted by molar-refractivity contribution is 5.80. The lowest BCUT2D eigenvalue weighted by Crippen LogP contribution is -2.46. The predicted molar refractivity (Wildman–Crippen MR) is 45.3 cm³/mol. The Balaban J connectivity index is 3.40. The lowest BCUT2D eigenvalue weighted by atomic mass is 10.3. The maximum Gasteiger partial charge on any atom is 0.333 e. The summed E-state index contributed by atoms with van der Waals surface area (Å²) in [4.78, 5) is 21.5. The van der Waals surface area contributed by atoms with E-state index >= 15 is 0 Å². The first-order valence-corrected chi connectivity index (χ1v) is 4.03. The van der Waals surface area contributed by atoms with Crippen molar-refractivity contribution in [2.45, 2.75) is 26.7 Å². The number of urea groups is 1. The molecule has 5 nitrogen and oxygen atoms in total.